The summed E-state index contributed by atoms with van der Waals surface area (Å²) < 4.78 is 0. The maximum atomic E-state index is 14.6. The molecule has 8 atom stereocenters. The van der Waals surface area contributed by atoms with E-state index < -0.39 is 102 Å². The summed E-state index contributed by atoms with van der Waals surface area (Å²) in [5.74, 6) is -7.83. The Hall–Kier alpha value is -7.86. The minimum atomic E-state index is -1.60. The Morgan fingerprint density at radius 1 is 0.681 bits per heavy atom. The molecule has 0 saturated heterocycles. The molecule has 72 heavy (non-hydrogen) atoms. The van der Waals surface area contributed by atoms with Crippen molar-refractivity contribution in [3.8, 4) is 0 Å². The van der Waals surface area contributed by atoms with Gasteiger partial charge in [-0.05, 0) is 68.7 Å². The Balaban J connectivity index is 1.43. The molecule has 0 aliphatic heterocycles. The zero-order chi connectivity index (χ0) is 52.2. The molecule has 0 spiro atoms. The Morgan fingerprint density at radius 3 is 1.89 bits per heavy atom. The summed E-state index contributed by atoms with van der Waals surface area (Å²) in [7, 11) is 0. The number of carboxylic acids is 1. The first-order valence-corrected chi connectivity index (χ1v) is 23.9. The van der Waals surface area contributed by atoms with Crippen molar-refractivity contribution in [3.63, 3.8) is 0 Å². The van der Waals surface area contributed by atoms with Crippen LogP contribution in [-0.2, 0) is 57.6 Å². The van der Waals surface area contributed by atoms with Crippen LogP contribution in [0.25, 0.3) is 10.9 Å². The van der Waals surface area contributed by atoms with Crippen molar-refractivity contribution in [2.45, 2.75) is 119 Å². The molecule has 2 aromatic heterocycles. The molecule has 24 heteroatoms. The number of fused-ring (bicyclic) bond motifs is 1. The lowest BCUT2D eigenvalue weighted by molar-refractivity contribution is -0.141. The van der Waals surface area contributed by atoms with E-state index in [9.17, 15) is 43.5 Å². The number of nitrogens with zero attached hydrogens (tertiary/aromatic N) is 2. The first-order valence-electron chi connectivity index (χ1n) is 23.9. The first kappa shape index (κ1) is 55.1. The first-order chi connectivity index (χ1) is 34.5. The van der Waals surface area contributed by atoms with Gasteiger partial charge in [-0.15, -0.1) is 0 Å². The second-order valence-electron chi connectivity index (χ2n) is 17.8. The quantitative estimate of drug-likeness (QED) is 0.0161. The molecular weight excluding hydrogens is 931 g/mol. The van der Waals surface area contributed by atoms with Gasteiger partial charge in [-0.2, -0.15) is 0 Å². The van der Waals surface area contributed by atoms with E-state index in [1.54, 1.807) is 36.5 Å². The summed E-state index contributed by atoms with van der Waals surface area (Å²) in [6.45, 7) is 0.417. The number of nitrogens with two attached hydrogens (primary N) is 5. The number of amides is 7. The minimum Gasteiger partial charge on any atom is -0.481 e. The van der Waals surface area contributed by atoms with Crippen molar-refractivity contribution in [2.24, 2.45) is 39.6 Å². The third-order valence-corrected chi connectivity index (χ3v) is 12.4. The summed E-state index contributed by atoms with van der Waals surface area (Å²) in [5, 5.41) is 26.5. The van der Waals surface area contributed by atoms with Gasteiger partial charge in [0.15, 0.2) is 5.96 Å². The number of imidazole rings is 1. The van der Waals surface area contributed by atoms with E-state index in [0.29, 0.717) is 55.5 Å². The van der Waals surface area contributed by atoms with Crippen LogP contribution in [0, 0.1) is 5.92 Å². The molecule has 2 unspecified atom stereocenters. The van der Waals surface area contributed by atoms with Crippen molar-refractivity contribution in [1.29, 1.82) is 0 Å². The Morgan fingerprint density at radius 2 is 1.28 bits per heavy atom. The van der Waals surface area contributed by atoms with Crippen LogP contribution >= 0.6 is 0 Å². The van der Waals surface area contributed by atoms with Crippen molar-refractivity contribution in [3.05, 3.63) is 90.1 Å². The zero-order valence-electron chi connectivity index (χ0n) is 39.9. The van der Waals surface area contributed by atoms with Gasteiger partial charge < -0.3 is 75.6 Å². The molecule has 24 nitrogen and oxygen atoms in total. The molecular formula is C48H67N15O9. The van der Waals surface area contributed by atoms with Gasteiger partial charge in [0.25, 0.3) is 0 Å². The summed E-state index contributed by atoms with van der Waals surface area (Å²) in [6.07, 6.45) is 6.35. The van der Waals surface area contributed by atoms with Crippen molar-refractivity contribution >= 4 is 64.2 Å². The Bertz CT molecular complexity index is 2500. The average Bonchev–Trinajstić information content (AvgIpc) is 4.13. The maximum Gasteiger partial charge on any atom is 0.305 e. The Kier molecular flexibility index (Phi) is 21.0. The zero-order valence-corrected chi connectivity index (χ0v) is 39.9. The third kappa shape index (κ3) is 16.9. The number of H-pyrrole nitrogens is 2. The van der Waals surface area contributed by atoms with E-state index in [4.69, 9.17) is 28.7 Å². The number of carboxylic acid groups (broad SMARTS) is 1. The monoisotopic (exact) mass is 998 g/mol. The Labute approximate surface area is 415 Å². The predicted octanol–water partition coefficient (Wildman–Crippen LogP) is -1.90. The number of benzene rings is 2. The highest BCUT2D eigenvalue weighted by atomic mass is 16.4. The van der Waals surface area contributed by atoms with Crippen LogP contribution in [0.2, 0.25) is 0 Å². The molecule has 1 aliphatic carbocycles. The van der Waals surface area contributed by atoms with E-state index in [1.807, 2.05) is 24.3 Å². The van der Waals surface area contributed by atoms with E-state index in [1.165, 1.54) is 12.5 Å². The number of nitrogens with one attached hydrogen (secondary N) is 8. The van der Waals surface area contributed by atoms with Crippen LogP contribution in [0.1, 0.15) is 74.6 Å². The molecule has 1 fully saturated rings. The van der Waals surface area contributed by atoms with Crippen LogP contribution in [0.5, 0.6) is 0 Å². The van der Waals surface area contributed by atoms with Gasteiger partial charge in [0.05, 0.1) is 18.7 Å². The molecule has 2 heterocycles. The van der Waals surface area contributed by atoms with Crippen molar-refractivity contribution in [2.75, 3.05) is 13.1 Å². The lowest BCUT2D eigenvalue weighted by atomic mass is 10.0. The van der Waals surface area contributed by atoms with E-state index in [0.717, 1.165) is 10.9 Å². The number of aliphatic carboxylic acids is 1. The minimum absolute atomic E-state index is 0.0498. The van der Waals surface area contributed by atoms with Crippen LogP contribution in [-0.4, -0.2) is 129 Å². The average molecular weight is 998 g/mol. The number of rotatable bonds is 29. The number of hydrogen-bond donors (Lipinski definition) is 14. The van der Waals surface area contributed by atoms with Crippen LogP contribution < -0.4 is 60.6 Å². The number of para-hydroxylation sites is 1. The molecule has 0 radical (unpaired) electrons. The highest BCUT2D eigenvalue weighted by molar-refractivity contribution is 5.98. The van der Waals surface area contributed by atoms with Gasteiger partial charge in [-0.3, -0.25) is 43.3 Å². The second kappa shape index (κ2) is 27.5. The number of aromatic nitrogens is 3. The molecule has 0 bridgehead atoms. The van der Waals surface area contributed by atoms with E-state index in [2.05, 4.69) is 51.8 Å². The lowest BCUT2D eigenvalue weighted by Gasteiger charge is -2.28. The molecule has 7 amide bonds. The van der Waals surface area contributed by atoms with Gasteiger partial charge in [-0.25, -0.2) is 4.98 Å². The summed E-state index contributed by atoms with van der Waals surface area (Å²) in [6, 6.07) is 7.27. The predicted molar refractivity (Wildman–Crippen MR) is 266 cm³/mol. The fourth-order valence-electron chi connectivity index (χ4n) is 8.50. The van der Waals surface area contributed by atoms with Crippen LogP contribution in [0.4, 0.5) is 0 Å². The highest BCUT2D eigenvalue weighted by Gasteiger charge is 2.37. The molecule has 1 saturated carbocycles. The summed E-state index contributed by atoms with van der Waals surface area (Å²) >= 11 is 0. The van der Waals surface area contributed by atoms with Gasteiger partial charge >= 0.3 is 5.97 Å². The second-order valence-corrected chi connectivity index (χ2v) is 17.8. The topological polar surface area (TPSA) is 416 Å². The summed E-state index contributed by atoms with van der Waals surface area (Å²) in [4.78, 5) is 123. The maximum absolute atomic E-state index is 14.6. The molecule has 19 N–H and O–H groups in total. The van der Waals surface area contributed by atoms with Crippen molar-refractivity contribution in [1.82, 2.24) is 46.9 Å². The number of unbranched alkanes of at least 4 members (excludes halogenated alkanes) is 1. The van der Waals surface area contributed by atoms with E-state index >= 15 is 0 Å². The molecule has 388 valence electrons. The molecule has 4 aromatic rings. The number of aliphatic imine (C=N–C) groups is 1. The number of guanidine groups is 1. The van der Waals surface area contributed by atoms with Crippen LogP contribution in [0.3, 0.4) is 0 Å². The number of carbonyl (C=O) groups is 8. The van der Waals surface area contributed by atoms with Crippen LogP contribution in [0.15, 0.2) is 78.3 Å². The van der Waals surface area contributed by atoms with E-state index in [-0.39, 0.29) is 51.0 Å². The number of primary amides is 1. The SMILES string of the molecule is NCCCC[C@H](NC(=O)[C@H](Cc1c[nH]c2ccccc12)NC(=O)[C@H](CCCN=C(N)N)NC(=O)[C@@H](Cc1ccccc1)NC(=O)[C@H](Cc1cnc[nH]1)NC(=O)[C@H](CC(=O)O)NC(=O)C1CCCC1N)C(N)=O. The van der Waals surface area contributed by atoms with Crippen molar-refractivity contribution < 1.29 is 43.5 Å². The summed E-state index contributed by atoms with van der Waals surface area (Å²) in [5.41, 5.74) is 31.0. The third-order valence-electron chi connectivity index (χ3n) is 12.4. The largest absolute Gasteiger partial charge is 0.481 e. The fourth-order valence-corrected chi connectivity index (χ4v) is 8.50. The molecule has 5 rings (SSSR count). The molecule has 1 aliphatic rings. The smallest absolute Gasteiger partial charge is 0.305 e. The number of carbonyl (C=O) groups excluding carboxylic acids is 7. The number of hydrogen-bond acceptors (Lipinski definition) is 12. The normalized spacial score (nSPS) is 16.7. The lowest BCUT2D eigenvalue weighted by Crippen LogP contribution is -2.60. The fraction of sp³-hybridized carbons (Fsp3) is 0.458. The molecule has 2 aromatic carbocycles. The number of aromatic amines is 2. The van der Waals surface area contributed by atoms with Gasteiger partial charge in [0, 0.05) is 60.8 Å². The van der Waals surface area contributed by atoms with Gasteiger partial charge in [-0.1, -0.05) is 55.0 Å². The standard InChI is InChI=1S/C48H67N15O9/c49-18-7-6-16-34(41(51)66)58-45(70)37(21-28-24-56-33-15-5-4-12-30(28)33)62-43(68)35(17-9-19-55-48(52)53)59-44(69)36(20-27-10-2-1-3-11-27)61-46(71)38(22-29-25-54-26-57-29)63-47(72)39(23-40(64)65)60-42(67)31-13-8-14-32(31)50/h1-5,10-12,15,24-26,31-32,34-39,56H,6-9,13-14,16-23,49-50H2,(H2,51,66)(H,54,57)(H,58,70)(H,59,69)(H,60,67)(H,61,71)(H,62,68)(H,63,72)(H,64,65)(H4,52,53,55)/t31?,32?,34-,35-,36+,37-,38-,39-/m0/s1. The highest BCUT2D eigenvalue weighted by Crippen LogP contribution is 2.24. The van der Waals surface area contributed by atoms with Gasteiger partial charge in [0.1, 0.15) is 36.3 Å². The van der Waals surface area contributed by atoms with Gasteiger partial charge in [0.2, 0.25) is 41.4 Å².